The number of rotatable bonds is 5. The molecule has 2 aromatic heterocycles. The lowest BCUT2D eigenvalue weighted by Crippen LogP contribution is -2.58. The maximum absolute atomic E-state index is 13.0. The molecular weight excluding hydrogens is 446 g/mol. The predicted molar refractivity (Wildman–Crippen MR) is 140 cm³/mol. The summed E-state index contributed by atoms with van der Waals surface area (Å²) in [6.07, 6.45) is 1.66. The number of carbonyl (C=O) groups excluding carboxylic acids is 1. The molecule has 1 amide bonds. The normalized spacial score (nSPS) is 21.7. The summed E-state index contributed by atoms with van der Waals surface area (Å²) in [6, 6.07) is 8.95. The number of nitrogens with zero attached hydrogens (tertiary/aromatic N) is 5. The maximum Gasteiger partial charge on any atom is 0.238 e. The Morgan fingerprint density at radius 1 is 1.15 bits per heavy atom. The van der Waals surface area contributed by atoms with Crippen LogP contribution in [0.25, 0.3) is 10.2 Å². The monoisotopic (exact) mass is 479 g/mol. The maximum atomic E-state index is 13.0. The number of thiophene rings is 1. The number of fused-ring (bicyclic) bond motifs is 1. The lowest BCUT2D eigenvalue weighted by Gasteiger charge is -2.45. The van der Waals surface area contributed by atoms with Crippen molar-refractivity contribution >= 4 is 44.7 Å². The van der Waals surface area contributed by atoms with Crippen LogP contribution in [-0.2, 0) is 4.79 Å². The van der Waals surface area contributed by atoms with Crippen molar-refractivity contribution in [3.05, 3.63) is 41.5 Å². The second kappa shape index (κ2) is 9.85. The topological polar surface area (TPSA) is 76.6 Å². The molecule has 2 atom stereocenters. The minimum Gasteiger partial charge on any atom is -0.369 e. The van der Waals surface area contributed by atoms with Gasteiger partial charge in [0, 0.05) is 62.7 Å². The molecule has 2 fully saturated rings. The molecule has 2 unspecified atom stereocenters. The SMILES string of the molecule is Cc1ccc(N2CCNCC2)cc1NC(=O)CN1CC(C)N(c2ncnc3sccc23)C(C)C1. The van der Waals surface area contributed by atoms with E-state index in [0.717, 1.165) is 66.6 Å². The second-order valence-electron chi connectivity index (χ2n) is 9.42. The van der Waals surface area contributed by atoms with Gasteiger partial charge in [-0.2, -0.15) is 0 Å². The second-order valence-corrected chi connectivity index (χ2v) is 10.3. The minimum atomic E-state index is 0.0377. The Balaban J connectivity index is 1.24. The van der Waals surface area contributed by atoms with Crippen molar-refractivity contribution in [1.82, 2.24) is 20.2 Å². The number of benzene rings is 1. The molecule has 0 saturated carbocycles. The van der Waals surface area contributed by atoms with Gasteiger partial charge in [0.15, 0.2) is 0 Å². The van der Waals surface area contributed by atoms with Crippen LogP contribution in [-0.4, -0.2) is 78.7 Å². The molecule has 0 bridgehead atoms. The molecule has 8 nitrogen and oxygen atoms in total. The summed E-state index contributed by atoms with van der Waals surface area (Å²) < 4.78 is 0. The zero-order valence-corrected chi connectivity index (χ0v) is 20.9. The van der Waals surface area contributed by atoms with Crippen molar-refractivity contribution in [2.75, 3.05) is 60.9 Å². The summed E-state index contributed by atoms with van der Waals surface area (Å²) in [6.45, 7) is 12.4. The van der Waals surface area contributed by atoms with Crippen LogP contribution in [0.3, 0.4) is 0 Å². The molecule has 2 saturated heterocycles. The van der Waals surface area contributed by atoms with Gasteiger partial charge in [0.05, 0.1) is 11.9 Å². The number of aromatic nitrogens is 2. The molecule has 0 spiro atoms. The summed E-state index contributed by atoms with van der Waals surface area (Å²) in [5, 5.41) is 9.74. The summed E-state index contributed by atoms with van der Waals surface area (Å²) >= 11 is 1.64. The van der Waals surface area contributed by atoms with Crippen LogP contribution in [0.15, 0.2) is 36.0 Å². The van der Waals surface area contributed by atoms with Gasteiger partial charge < -0.3 is 20.4 Å². The molecule has 180 valence electrons. The van der Waals surface area contributed by atoms with Crippen LogP contribution in [0.5, 0.6) is 0 Å². The molecule has 2 N–H and O–H groups in total. The molecule has 2 aliphatic rings. The number of piperazine rings is 2. The number of anilines is 3. The van der Waals surface area contributed by atoms with E-state index in [-0.39, 0.29) is 18.0 Å². The van der Waals surface area contributed by atoms with Gasteiger partial charge in [-0.1, -0.05) is 6.07 Å². The van der Waals surface area contributed by atoms with Crippen LogP contribution in [0, 0.1) is 6.92 Å². The smallest absolute Gasteiger partial charge is 0.238 e. The Bertz CT molecular complexity index is 1150. The molecule has 0 aliphatic carbocycles. The summed E-state index contributed by atoms with van der Waals surface area (Å²) in [5.74, 6) is 1.03. The van der Waals surface area contributed by atoms with Crippen molar-refractivity contribution in [2.45, 2.75) is 32.9 Å². The third-order valence-corrected chi connectivity index (χ3v) is 7.65. The fraction of sp³-hybridized carbons (Fsp3) is 0.480. The predicted octanol–water partition coefficient (Wildman–Crippen LogP) is 2.95. The van der Waals surface area contributed by atoms with E-state index < -0.39 is 0 Å². The van der Waals surface area contributed by atoms with E-state index >= 15 is 0 Å². The Morgan fingerprint density at radius 3 is 2.68 bits per heavy atom. The fourth-order valence-electron chi connectivity index (χ4n) is 5.22. The number of amides is 1. The highest BCUT2D eigenvalue weighted by molar-refractivity contribution is 7.16. The van der Waals surface area contributed by atoms with Crippen molar-refractivity contribution in [1.29, 1.82) is 0 Å². The van der Waals surface area contributed by atoms with Crippen LogP contribution in [0.2, 0.25) is 0 Å². The summed E-state index contributed by atoms with van der Waals surface area (Å²) in [7, 11) is 0. The van der Waals surface area contributed by atoms with Crippen molar-refractivity contribution in [3.63, 3.8) is 0 Å². The number of nitrogens with one attached hydrogen (secondary N) is 2. The van der Waals surface area contributed by atoms with Crippen molar-refractivity contribution in [2.24, 2.45) is 0 Å². The number of hydrogen-bond acceptors (Lipinski definition) is 8. The fourth-order valence-corrected chi connectivity index (χ4v) is 5.95. The first-order valence-electron chi connectivity index (χ1n) is 12.0. The van der Waals surface area contributed by atoms with Gasteiger partial charge in [0.25, 0.3) is 0 Å². The summed E-state index contributed by atoms with van der Waals surface area (Å²) in [5.41, 5.74) is 3.16. The molecular formula is C25H33N7OS. The van der Waals surface area contributed by atoms with E-state index in [1.807, 2.05) is 6.92 Å². The van der Waals surface area contributed by atoms with Gasteiger partial charge in [-0.3, -0.25) is 9.69 Å². The van der Waals surface area contributed by atoms with E-state index in [9.17, 15) is 4.79 Å². The molecule has 4 heterocycles. The average molecular weight is 480 g/mol. The standard InChI is InChI=1S/C25H33N7OS/c1-17-4-5-20(31-9-7-26-8-10-31)12-22(17)29-23(33)15-30-13-18(2)32(19(3)14-30)24-21-6-11-34-25(21)28-16-27-24/h4-6,11-12,16,18-19,26H,7-10,13-15H2,1-3H3,(H,29,33). The average Bonchev–Trinajstić information content (AvgIpc) is 3.30. The molecule has 0 radical (unpaired) electrons. The van der Waals surface area contributed by atoms with Gasteiger partial charge in [-0.25, -0.2) is 9.97 Å². The lowest BCUT2D eigenvalue weighted by molar-refractivity contribution is -0.117. The van der Waals surface area contributed by atoms with E-state index in [4.69, 9.17) is 0 Å². The quantitative estimate of drug-likeness (QED) is 0.583. The Hall–Kier alpha value is -2.75. The van der Waals surface area contributed by atoms with Crippen LogP contribution < -0.4 is 20.4 Å². The van der Waals surface area contributed by atoms with Gasteiger partial charge in [-0.05, 0) is 49.9 Å². The highest BCUT2D eigenvalue weighted by Gasteiger charge is 2.32. The molecule has 34 heavy (non-hydrogen) atoms. The Labute approximate surface area is 205 Å². The van der Waals surface area contributed by atoms with E-state index in [1.54, 1.807) is 17.7 Å². The van der Waals surface area contributed by atoms with E-state index in [1.165, 1.54) is 5.69 Å². The summed E-state index contributed by atoms with van der Waals surface area (Å²) in [4.78, 5) is 30.0. The van der Waals surface area contributed by atoms with Crippen LogP contribution in [0.4, 0.5) is 17.2 Å². The molecule has 5 rings (SSSR count). The Morgan fingerprint density at radius 2 is 1.91 bits per heavy atom. The zero-order chi connectivity index (χ0) is 23.7. The highest BCUT2D eigenvalue weighted by Crippen LogP contribution is 2.31. The number of aryl methyl sites for hydroxylation is 1. The van der Waals surface area contributed by atoms with Crippen molar-refractivity contribution < 1.29 is 4.79 Å². The molecule has 9 heteroatoms. The van der Waals surface area contributed by atoms with Gasteiger partial charge in [0.1, 0.15) is 17.0 Å². The number of hydrogen-bond donors (Lipinski definition) is 2. The van der Waals surface area contributed by atoms with Crippen LogP contribution >= 0.6 is 11.3 Å². The molecule has 2 aliphatic heterocycles. The first-order valence-corrected chi connectivity index (χ1v) is 12.9. The van der Waals surface area contributed by atoms with Gasteiger partial charge in [0.2, 0.25) is 5.91 Å². The van der Waals surface area contributed by atoms with E-state index in [0.29, 0.717) is 6.54 Å². The number of carbonyl (C=O) groups is 1. The molecule has 1 aromatic carbocycles. The van der Waals surface area contributed by atoms with Crippen LogP contribution in [0.1, 0.15) is 19.4 Å². The van der Waals surface area contributed by atoms with E-state index in [2.05, 4.69) is 78.8 Å². The molecule has 3 aromatic rings. The third kappa shape index (κ3) is 4.73. The largest absolute Gasteiger partial charge is 0.369 e. The van der Waals surface area contributed by atoms with Crippen molar-refractivity contribution in [3.8, 4) is 0 Å². The zero-order valence-electron chi connectivity index (χ0n) is 20.1. The third-order valence-electron chi connectivity index (χ3n) is 6.82. The minimum absolute atomic E-state index is 0.0377. The first-order chi connectivity index (χ1) is 16.5. The lowest BCUT2D eigenvalue weighted by atomic mass is 10.1. The highest BCUT2D eigenvalue weighted by atomic mass is 32.1. The Kier molecular flexibility index (Phi) is 6.67. The first kappa shape index (κ1) is 23.0. The van der Waals surface area contributed by atoms with Gasteiger partial charge >= 0.3 is 0 Å². The van der Waals surface area contributed by atoms with Gasteiger partial charge in [-0.15, -0.1) is 11.3 Å².